The molecule has 22 heavy (non-hydrogen) atoms. The predicted octanol–water partition coefficient (Wildman–Crippen LogP) is 2.91. The van der Waals surface area contributed by atoms with E-state index in [9.17, 15) is 9.18 Å². The summed E-state index contributed by atoms with van der Waals surface area (Å²) in [5, 5.41) is 3.32. The van der Waals surface area contributed by atoms with Crippen LogP contribution in [0.1, 0.15) is 43.9 Å². The molecule has 2 aliphatic rings. The van der Waals surface area contributed by atoms with E-state index in [2.05, 4.69) is 24.1 Å². The fourth-order valence-electron chi connectivity index (χ4n) is 3.90. The first-order chi connectivity index (χ1) is 10.6. The maximum absolute atomic E-state index is 13.5. The fourth-order valence-corrected chi connectivity index (χ4v) is 3.90. The van der Waals surface area contributed by atoms with Gasteiger partial charge in [-0.05, 0) is 61.5 Å². The van der Waals surface area contributed by atoms with Crippen molar-refractivity contribution in [2.24, 2.45) is 11.8 Å². The van der Waals surface area contributed by atoms with Gasteiger partial charge in [0.1, 0.15) is 5.82 Å². The largest absolute Gasteiger partial charge is 0.335 e. The molecule has 0 aliphatic carbocycles. The molecular weight excluding hydrogens is 279 g/mol. The number of nitrogens with zero attached hydrogens (tertiary/aromatic N) is 1. The Balaban J connectivity index is 1.88. The topological polar surface area (TPSA) is 32.3 Å². The number of carbonyl (C=O) groups is 1. The molecule has 1 atom stereocenters. The van der Waals surface area contributed by atoms with Crippen molar-refractivity contribution in [3.8, 4) is 0 Å². The van der Waals surface area contributed by atoms with Gasteiger partial charge in [-0.1, -0.05) is 19.9 Å². The molecule has 0 spiro atoms. The average Bonchev–Trinajstić information content (AvgIpc) is 2.53. The Hall–Kier alpha value is -1.42. The molecule has 0 aromatic heterocycles. The molecule has 1 amide bonds. The summed E-state index contributed by atoms with van der Waals surface area (Å²) in [4.78, 5) is 15.0. The zero-order valence-electron chi connectivity index (χ0n) is 13.4. The van der Waals surface area contributed by atoms with Crippen molar-refractivity contribution in [1.82, 2.24) is 10.2 Å². The average molecular weight is 304 g/mol. The van der Waals surface area contributed by atoms with E-state index in [1.807, 2.05) is 6.07 Å². The van der Waals surface area contributed by atoms with Gasteiger partial charge in [-0.2, -0.15) is 0 Å². The smallest absolute Gasteiger partial charge is 0.226 e. The summed E-state index contributed by atoms with van der Waals surface area (Å²) in [5.41, 5.74) is 2.19. The number of hydrogen-bond donors (Lipinski definition) is 1. The van der Waals surface area contributed by atoms with Crippen molar-refractivity contribution < 1.29 is 9.18 Å². The van der Waals surface area contributed by atoms with Crippen molar-refractivity contribution in [1.29, 1.82) is 0 Å². The Kier molecular flexibility index (Phi) is 4.48. The lowest BCUT2D eigenvalue weighted by molar-refractivity contribution is -0.140. The van der Waals surface area contributed by atoms with Crippen LogP contribution in [0.15, 0.2) is 18.2 Å². The molecule has 4 heteroatoms. The second-order valence-electron chi connectivity index (χ2n) is 6.84. The molecule has 1 unspecified atom stereocenters. The summed E-state index contributed by atoms with van der Waals surface area (Å²) in [6, 6.07) is 5.10. The van der Waals surface area contributed by atoms with E-state index in [1.165, 1.54) is 6.07 Å². The zero-order chi connectivity index (χ0) is 15.7. The minimum atomic E-state index is -0.181. The number of carbonyl (C=O) groups excluding carboxylic acids is 1. The minimum Gasteiger partial charge on any atom is -0.335 e. The van der Waals surface area contributed by atoms with E-state index in [0.29, 0.717) is 12.5 Å². The van der Waals surface area contributed by atoms with Crippen molar-refractivity contribution in [3.05, 3.63) is 35.1 Å². The number of benzene rings is 1. The molecule has 1 aromatic carbocycles. The SMILES string of the molecule is CC(C)C1c2ccc(F)cc2CCN1C(=O)C1CCNCC1. The Bertz CT molecular complexity index is 552. The summed E-state index contributed by atoms with van der Waals surface area (Å²) in [6.45, 7) is 6.86. The third-order valence-corrected chi connectivity index (χ3v) is 4.98. The molecule has 0 saturated carbocycles. The number of nitrogens with one attached hydrogen (secondary N) is 1. The van der Waals surface area contributed by atoms with Gasteiger partial charge in [0, 0.05) is 12.5 Å². The van der Waals surface area contributed by atoms with Crippen molar-refractivity contribution in [3.63, 3.8) is 0 Å². The maximum Gasteiger partial charge on any atom is 0.226 e. The lowest BCUT2D eigenvalue weighted by Gasteiger charge is -2.42. The van der Waals surface area contributed by atoms with Crippen LogP contribution in [0, 0.1) is 17.7 Å². The molecule has 0 radical (unpaired) electrons. The third-order valence-electron chi connectivity index (χ3n) is 4.98. The Morgan fingerprint density at radius 1 is 1.32 bits per heavy atom. The Morgan fingerprint density at radius 3 is 2.73 bits per heavy atom. The van der Waals surface area contributed by atoms with Crippen molar-refractivity contribution in [2.45, 2.75) is 39.2 Å². The number of hydrogen-bond acceptors (Lipinski definition) is 2. The maximum atomic E-state index is 13.5. The molecule has 0 bridgehead atoms. The molecule has 1 fully saturated rings. The summed E-state index contributed by atoms with van der Waals surface area (Å²) in [7, 11) is 0. The van der Waals surface area contributed by atoms with Gasteiger partial charge in [0.25, 0.3) is 0 Å². The highest BCUT2D eigenvalue weighted by Crippen LogP contribution is 2.37. The summed E-state index contributed by atoms with van der Waals surface area (Å²) in [5.74, 6) is 0.578. The lowest BCUT2D eigenvalue weighted by Crippen LogP contribution is -2.47. The number of halogens is 1. The van der Waals surface area contributed by atoms with Crippen LogP contribution < -0.4 is 5.32 Å². The van der Waals surface area contributed by atoms with E-state index in [-0.39, 0.29) is 23.7 Å². The van der Waals surface area contributed by atoms with E-state index in [1.54, 1.807) is 6.07 Å². The van der Waals surface area contributed by atoms with Crippen LogP contribution in [0.5, 0.6) is 0 Å². The summed E-state index contributed by atoms with van der Waals surface area (Å²) in [6.07, 6.45) is 2.61. The highest BCUT2D eigenvalue weighted by Gasteiger charge is 2.36. The number of amides is 1. The molecule has 2 heterocycles. The van der Waals surface area contributed by atoms with Crippen molar-refractivity contribution >= 4 is 5.91 Å². The van der Waals surface area contributed by atoms with Crippen LogP contribution in [0.25, 0.3) is 0 Å². The summed E-state index contributed by atoms with van der Waals surface area (Å²) < 4.78 is 13.5. The second-order valence-corrected chi connectivity index (χ2v) is 6.84. The van der Waals surface area contributed by atoms with Gasteiger partial charge < -0.3 is 10.2 Å². The van der Waals surface area contributed by atoms with Gasteiger partial charge in [-0.25, -0.2) is 4.39 Å². The van der Waals surface area contributed by atoms with Crippen LogP contribution >= 0.6 is 0 Å². The fraction of sp³-hybridized carbons (Fsp3) is 0.611. The predicted molar refractivity (Wildman–Crippen MR) is 85.0 cm³/mol. The third kappa shape index (κ3) is 2.89. The Labute approximate surface area is 131 Å². The molecule has 2 aliphatic heterocycles. The first-order valence-electron chi connectivity index (χ1n) is 8.37. The quantitative estimate of drug-likeness (QED) is 0.911. The molecule has 1 aromatic rings. The lowest BCUT2D eigenvalue weighted by atomic mass is 9.84. The van der Waals surface area contributed by atoms with Crippen LogP contribution in [-0.4, -0.2) is 30.4 Å². The first-order valence-corrected chi connectivity index (χ1v) is 8.37. The first kappa shape index (κ1) is 15.5. The Morgan fingerprint density at radius 2 is 2.05 bits per heavy atom. The number of piperidine rings is 1. The van der Waals surface area contributed by atoms with Gasteiger partial charge in [0.15, 0.2) is 0 Å². The van der Waals surface area contributed by atoms with E-state index in [4.69, 9.17) is 0 Å². The van der Waals surface area contributed by atoms with Gasteiger partial charge in [-0.15, -0.1) is 0 Å². The van der Waals surface area contributed by atoms with Gasteiger partial charge in [0.2, 0.25) is 5.91 Å². The highest BCUT2D eigenvalue weighted by atomic mass is 19.1. The minimum absolute atomic E-state index is 0.0757. The highest BCUT2D eigenvalue weighted by molar-refractivity contribution is 5.80. The molecule has 1 saturated heterocycles. The number of fused-ring (bicyclic) bond motifs is 1. The van der Waals surface area contributed by atoms with Crippen LogP contribution in [0.2, 0.25) is 0 Å². The van der Waals surface area contributed by atoms with Gasteiger partial charge in [0.05, 0.1) is 6.04 Å². The zero-order valence-corrected chi connectivity index (χ0v) is 13.4. The molecule has 1 N–H and O–H groups in total. The van der Waals surface area contributed by atoms with E-state index >= 15 is 0 Å². The van der Waals surface area contributed by atoms with E-state index in [0.717, 1.165) is 43.5 Å². The van der Waals surface area contributed by atoms with E-state index < -0.39 is 0 Å². The molecule has 120 valence electrons. The summed E-state index contributed by atoms with van der Waals surface area (Å²) >= 11 is 0. The number of rotatable bonds is 2. The van der Waals surface area contributed by atoms with Crippen molar-refractivity contribution in [2.75, 3.05) is 19.6 Å². The molecular formula is C18H25FN2O. The monoisotopic (exact) mass is 304 g/mol. The molecule has 3 nitrogen and oxygen atoms in total. The van der Waals surface area contributed by atoms with Gasteiger partial charge >= 0.3 is 0 Å². The van der Waals surface area contributed by atoms with Crippen LogP contribution in [0.3, 0.4) is 0 Å². The molecule has 3 rings (SSSR count). The normalized spacial score (nSPS) is 22.7. The van der Waals surface area contributed by atoms with Crippen LogP contribution in [-0.2, 0) is 11.2 Å². The standard InChI is InChI=1S/C18H25FN2O/c1-12(2)17-16-4-3-15(19)11-14(16)7-10-21(17)18(22)13-5-8-20-9-6-13/h3-4,11-13,17,20H,5-10H2,1-2H3. The van der Waals surface area contributed by atoms with Crippen LogP contribution in [0.4, 0.5) is 4.39 Å². The second kappa shape index (κ2) is 6.37. The van der Waals surface area contributed by atoms with Gasteiger partial charge in [-0.3, -0.25) is 4.79 Å².